The van der Waals surface area contributed by atoms with Crippen molar-refractivity contribution in [2.24, 2.45) is 0 Å². The fourth-order valence-electron chi connectivity index (χ4n) is 3.83. The van der Waals surface area contributed by atoms with Gasteiger partial charge in [0, 0.05) is 48.9 Å². The number of piperazine rings is 1. The zero-order chi connectivity index (χ0) is 26.2. The van der Waals surface area contributed by atoms with Gasteiger partial charge in [0.05, 0.1) is 25.5 Å². The molecular weight excluding hydrogens is 535 g/mol. The zero-order valence-electron chi connectivity index (χ0n) is 18.7. The SMILES string of the molecule is Cc1c([N+](=O)[O-])cc(S(=O)(=O)N2CCN(c3ccc(-c4ccc(Cl)cc4Cl)nn3)CC2)cc1[N+](=O)[O-]. The average Bonchev–Trinajstić information content (AvgIpc) is 2.84. The maximum absolute atomic E-state index is 13.2. The molecule has 12 nitrogen and oxygen atoms in total. The standard InChI is InChI=1S/C21H18Cl2N6O6S/c1-13-19(28(30)31)11-15(12-20(13)29(32)33)36(34,35)27-8-6-26(7-9-27)21-5-4-18(24-25-21)16-3-2-14(22)10-17(16)23/h2-5,10-12H,6-9H2,1H3. The minimum absolute atomic E-state index is 0.0459. The van der Waals surface area contributed by atoms with E-state index >= 15 is 0 Å². The second kappa shape index (κ2) is 9.93. The molecule has 0 amide bonds. The number of anilines is 1. The molecule has 0 spiro atoms. The van der Waals surface area contributed by atoms with Gasteiger partial charge in [-0.2, -0.15) is 4.31 Å². The maximum Gasteiger partial charge on any atom is 0.280 e. The lowest BCUT2D eigenvalue weighted by atomic mass is 10.1. The van der Waals surface area contributed by atoms with Crippen molar-refractivity contribution >= 4 is 50.4 Å². The lowest BCUT2D eigenvalue weighted by molar-refractivity contribution is -0.395. The molecule has 1 aliphatic rings. The third kappa shape index (κ3) is 4.95. The minimum atomic E-state index is -4.21. The maximum atomic E-state index is 13.2. The number of hydrogen-bond acceptors (Lipinski definition) is 9. The number of nitrogens with zero attached hydrogens (tertiary/aromatic N) is 6. The minimum Gasteiger partial charge on any atom is -0.352 e. The predicted octanol–water partition coefficient (Wildman–Crippen LogP) is 4.09. The Balaban J connectivity index is 1.51. The lowest BCUT2D eigenvalue weighted by Crippen LogP contribution is -2.49. The highest BCUT2D eigenvalue weighted by Crippen LogP contribution is 2.33. The smallest absolute Gasteiger partial charge is 0.280 e. The zero-order valence-corrected chi connectivity index (χ0v) is 21.0. The topological polar surface area (TPSA) is 153 Å². The van der Waals surface area contributed by atoms with E-state index in [0.29, 0.717) is 27.1 Å². The fourth-order valence-corrected chi connectivity index (χ4v) is 5.80. The number of benzene rings is 2. The molecule has 36 heavy (non-hydrogen) atoms. The highest BCUT2D eigenvalue weighted by Gasteiger charge is 2.33. The molecule has 0 unspecified atom stereocenters. The van der Waals surface area contributed by atoms with Gasteiger partial charge in [-0.25, -0.2) is 8.42 Å². The van der Waals surface area contributed by atoms with Gasteiger partial charge in [-0.1, -0.05) is 23.2 Å². The summed E-state index contributed by atoms with van der Waals surface area (Å²) in [6.45, 7) is 1.84. The van der Waals surface area contributed by atoms with Gasteiger partial charge < -0.3 is 4.90 Å². The van der Waals surface area contributed by atoms with Crippen LogP contribution in [0.15, 0.2) is 47.4 Å². The second-order valence-electron chi connectivity index (χ2n) is 7.89. The lowest BCUT2D eigenvalue weighted by Gasteiger charge is -2.34. The van der Waals surface area contributed by atoms with Crippen LogP contribution in [0.5, 0.6) is 0 Å². The van der Waals surface area contributed by atoms with E-state index in [4.69, 9.17) is 23.2 Å². The third-order valence-electron chi connectivity index (χ3n) is 5.78. The number of nitro benzene ring substituents is 2. The van der Waals surface area contributed by atoms with E-state index in [2.05, 4.69) is 10.2 Å². The van der Waals surface area contributed by atoms with Crippen LogP contribution in [0.25, 0.3) is 11.3 Å². The Morgan fingerprint density at radius 1 is 0.889 bits per heavy atom. The van der Waals surface area contributed by atoms with Crippen molar-refractivity contribution in [1.29, 1.82) is 0 Å². The molecule has 4 rings (SSSR count). The summed E-state index contributed by atoms with van der Waals surface area (Å²) < 4.78 is 27.5. The Morgan fingerprint density at radius 3 is 2.00 bits per heavy atom. The van der Waals surface area contributed by atoms with Gasteiger partial charge in [-0.05, 0) is 37.3 Å². The van der Waals surface area contributed by atoms with Crippen molar-refractivity contribution in [2.75, 3.05) is 31.1 Å². The molecule has 1 fully saturated rings. The summed E-state index contributed by atoms with van der Waals surface area (Å²) in [5.41, 5.74) is -0.257. The molecule has 3 aromatic rings. The van der Waals surface area contributed by atoms with E-state index < -0.39 is 36.1 Å². The van der Waals surface area contributed by atoms with Crippen LogP contribution in [0.2, 0.25) is 10.0 Å². The summed E-state index contributed by atoms with van der Waals surface area (Å²) in [6.07, 6.45) is 0. The molecule has 0 aliphatic carbocycles. The normalized spacial score (nSPS) is 14.6. The highest BCUT2D eigenvalue weighted by atomic mass is 35.5. The Hall–Kier alpha value is -3.39. The number of sulfonamides is 1. The summed E-state index contributed by atoms with van der Waals surface area (Å²) in [6, 6.07) is 10.2. The summed E-state index contributed by atoms with van der Waals surface area (Å²) >= 11 is 12.2. The van der Waals surface area contributed by atoms with Crippen molar-refractivity contribution in [1.82, 2.24) is 14.5 Å². The van der Waals surface area contributed by atoms with Crippen LogP contribution >= 0.6 is 23.2 Å². The van der Waals surface area contributed by atoms with E-state index in [-0.39, 0.29) is 31.7 Å². The molecule has 1 saturated heterocycles. The van der Waals surface area contributed by atoms with Gasteiger partial charge in [-0.3, -0.25) is 20.2 Å². The van der Waals surface area contributed by atoms with Crippen LogP contribution in [0.3, 0.4) is 0 Å². The van der Waals surface area contributed by atoms with Gasteiger partial charge in [0.2, 0.25) is 10.0 Å². The molecule has 0 N–H and O–H groups in total. The number of rotatable bonds is 6. The van der Waals surface area contributed by atoms with Crippen molar-refractivity contribution in [3.05, 3.63) is 78.3 Å². The first-order valence-electron chi connectivity index (χ1n) is 10.5. The number of nitro groups is 2. The van der Waals surface area contributed by atoms with Crippen LogP contribution in [-0.4, -0.2) is 58.9 Å². The molecule has 2 heterocycles. The molecule has 2 aromatic carbocycles. The number of hydrogen-bond donors (Lipinski definition) is 0. The van der Waals surface area contributed by atoms with Gasteiger partial charge >= 0.3 is 0 Å². The van der Waals surface area contributed by atoms with E-state index in [1.807, 2.05) is 4.90 Å². The van der Waals surface area contributed by atoms with Gasteiger partial charge in [0.1, 0.15) is 5.56 Å². The van der Waals surface area contributed by atoms with Crippen LogP contribution in [0, 0.1) is 27.2 Å². The average molecular weight is 553 g/mol. The first-order valence-corrected chi connectivity index (χ1v) is 12.7. The van der Waals surface area contributed by atoms with E-state index in [0.717, 1.165) is 16.4 Å². The van der Waals surface area contributed by atoms with Crippen molar-refractivity contribution in [3.8, 4) is 11.3 Å². The summed E-state index contributed by atoms with van der Waals surface area (Å²) in [5.74, 6) is 0.530. The quantitative estimate of drug-likeness (QED) is 0.325. The van der Waals surface area contributed by atoms with Gasteiger partial charge in [0.15, 0.2) is 5.82 Å². The molecule has 1 aliphatic heterocycles. The largest absolute Gasteiger partial charge is 0.352 e. The summed E-state index contributed by atoms with van der Waals surface area (Å²) in [5, 5.41) is 32.0. The Labute approximate surface area is 215 Å². The Kier molecular flexibility index (Phi) is 7.09. The summed E-state index contributed by atoms with van der Waals surface area (Å²) in [4.78, 5) is 22.4. The van der Waals surface area contributed by atoms with Gasteiger partial charge in [0.25, 0.3) is 11.4 Å². The highest BCUT2D eigenvalue weighted by molar-refractivity contribution is 7.89. The third-order valence-corrected chi connectivity index (χ3v) is 8.20. The van der Waals surface area contributed by atoms with Crippen LogP contribution in [0.1, 0.15) is 5.56 Å². The predicted molar refractivity (Wildman–Crippen MR) is 133 cm³/mol. The molecule has 0 atom stereocenters. The second-order valence-corrected chi connectivity index (χ2v) is 10.7. The van der Waals surface area contributed by atoms with E-state index in [1.54, 1.807) is 30.3 Å². The Morgan fingerprint density at radius 2 is 1.50 bits per heavy atom. The van der Waals surface area contributed by atoms with Crippen LogP contribution in [0.4, 0.5) is 17.2 Å². The molecule has 0 bridgehead atoms. The van der Waals surface area contributed by atoms with Crippen molar-refractivity contribution in [2.45, 2.75) is 11.8 Å². The van der Waals surface area contributed by atoms with E-state index in [1.165, 1.54) is 6.92 Å². The van der Waals surface area contributed by atoms with Crippen LogP contribution < -0.4 is 4.90 Å². The molecule has 1 aromatic heterocycles. The van der Waals surface area contributed by atoms with Crippen molar-refractivity contribution < 1.29 is 18.3 Å². The number of halogens is 2. The van der Waals surface area contributed by atoms with E-state index in [9.17, 15) is 28.6 Å². The molecular formula is C21H18Cl2N6O6S. The fraction of sp³-hybridized carbons (Fsp3) is 0.238. The van der Waals surface area contributed by atoms with Crippen LogP contribution in [-0.2, 0) is 10.0 Å². The molecule has 0 radical (unpaired) electrons. The number of aromatic nitrogens is 2. The first-order chi connectivity index (χ1) is 17.0. The summed E-state index contributed by atoms with van der Waals surface area (Å²) in [7, 11) is -4.21. The Bertz CT molecular complexity index is 1430. The first kappa shape index (κ1) is 25.7. The molecule has 0 saturated carbocycles. The molecule has 188 valence electrons. The monoisotopic (exact) mass is 552 g/mol. The van der Waals surface area contributed by atoms with Crippen molar-refractivity contribution in [3.63, 3.8) is 0 Å². The van der Waals surface area contributed by atoms with Gasteiger partial charge in [-0.15, -0.1) is 10.2 Å². The molecule has 15 heteroatoms.